The summed E-state index contributed by atoms with van der Waals surface area (Å²) in [7, 11) is -3.30. The van der Waals surface area contributed by atoms with Crippen molar-refractivity contribution in [2.45, 2.75) is 70.8 Å². The maximum absolute atomic E-state index is 14.1. The third kappa shape index (κ3) is 6.05. The Kier molecular flexibility index (Phi) is 7.41. The largest absolute Gasteiger partial charge is 0.490 e. The molecule has 1 saturated heterocycles. The molecule has 2 fully saturated rings. The highest BCUT2D eigenvalue weighted by Gasteiger charge is 2.48. The summed E-state index contributed by atoms with van der Waals surface area (Å²) >= 11 is 0. The van der Waals surface area contributed by atoms with Gasteiger partial charge in [-0.05, 0) is 63.1 Å². The fraction of sp³-hybridized carbons (Fsp3) is 0.667. The van der Waals surface area contributed by atoms with Gasteiger partial charge in [0.1, 0.15) is 5.54 Å². The highest BCUT2D eigenvalue weighted by atomic mass is 32.2. The first-order chi connectivity index (χ1) is 15.4. The molecule has 7 nitrogen and oxygen atoms in total. The highest BCUT2D eigenvalue weighted by molar-refractivity contribution is 7.91. The predicted octanol–water partition coefficient (Wildman–Crippen LogP) is 3.81. The number of sulfone groups is 1. The van der Waals surface area contributed by atoms with Crippen molar-refractivity contribution < 1.29 is 27.1 Å². The van der Waals surface area contributed by atoms with Crippen LogP contribution in [0.15, 0.2) is 18.2 Å². The minimum absolute atomic E-state index is 0.0469. The molecule has 0 atom stereocenters. The molecule has 1 heterocycles. The summed E-state index contributed by atoms with van der Waals surface area (Å²) < 4.78 is 45.3. The third-order valence-corrected chi connectivity index (χ3v) is 8.40. The van der Waals surface area contributed by atoms with E-state index in [2.05, 4.69) is 5.32 Å². The molecule has 1 aromatic rings. The molecule has 0 unspecified atom stereocenters. The summed E-state index contributed by atoms with van der Waals surface area (Å²) in [5, 5.41) is 2.31. The molecule has 1 aliphatic carbocycles. The lowest BCUT2D eigenvalue weighted by Gasteiger charge is -2.27. The maximum atomic E-state index is 14.1. The van der Waals surface area contributed by atoms with Crippen molar-refractivity contribution in [3.63, 3.8) is 0 Å². The van der Waals surface area contributed by atoms with Gasteiger partial charge in [0, 0.05) is 12.0 Å². The summed E-state index contributed by atoms with van der Waals surface area (Å²) in [4.78, 5) is 25.2. The molecule has 3 amide bonds. The first-order valence-corrected chi connectivity index (χ1v) is 13.4. The van der Waals surface area contributed by atoms with Crippen LogP contribution in [0.25, 0.3) is 0 Å². The van der Waals surface area contributed by atoms with Crippen molar-refractivity contribution in [2.75, 3.05) is 24.7 Å². The van der Waals surface area contributed by atoms with Crippen molar-refractivity contribution in [3.8, 4) is 5.75 Å². The molecule has 33 heavy (non-hydrogen) atoms. The lowest BCUT2D eigenvalue weighted by atomic mass is 9.98. The van der Waals surface area contributed by atoms with Crippen LogP contribution >= 0.6 is 0 Å². The summed E-state index contributed by atoms with van der Waals surface area (Å²) in [5.41, 5.74) is -0.521. The summed E-state index contributed by atoms with van der Waals surface area (Å²) in [6, 6.07) is 4.29. The Labute approximate surface area is 196 Å². The third-order valence-electron chi connectivity index (χ3n) is 6.50. The molecule has 1 aliphatic heterocycles. The Bertz CT molecular complexity index is 1000. The van der Waals surface area contributed by atoms with Gasteiger partial charge in [0.25, 0.3) is 5.91 Å². The number of benzene rings is 1. The first kappa shape index (κ1) is 25.5. The lowest BCUT2D eigenvalue weighted by molar-refractivity contribution is -0.125. The number of unbranched alkanes of at least 4 members (excludes halogenated alkanes) is 2. The van der Waals surface area contributed by atoms with Crippen LogP contribution in [0.1, 0.15) is 65.4 Å². The number of amides is 3. The van der Waals surface area contributed by atoms with Gasteiger partial charge in [0.05, 0.1) is 18.1 Å². The van der Waals surface area contributed by atoms with E-state index in [4.69, 9.17) is 4.74 Å². The molecule has 2 aliphatic rings. The average molecular weight is 483 g/mol. The van der Waals surface area contributed by atoms with Crippen LogP contribution in [0.4, 0.5) is 9.18 Å². The quantitative estimate of drug-likeness (QED) is 0.361. The Morgan fingerprint density at radius 1 is 1.15 bits per heavy atom. The topological polar surface area (TPSA) is 92.8 Å². The molecule has 0 spiro atoms. The molecule has 0 bridgehead atoms. The van der Waals surface area contributed by atoms with E-state index in [1.807, 2.05) is 13.8 Å². The van der Waals surface area contributed by atoms with Gasteiger partial charge in [-0.3, -0.25) is 10.1 Å². The van der Waals surface area contributed by atoms with Gasteiger partial charge in [-0.2, -0.15) is 0 Å². The van der Waals surface area contributed by atoms with Crippen LogP contribution in [0, 0.1) is 11.7 Å². The predicted molar refractivity (Wildman–Crippen MR) is 124 cm³/mol. The molecule has 0 aromatic heterocycles. The molecule has 184 valence electrons. The van der Waals surface area contributed by atoms with E-state index >= 15 is 0 Å². The van der Waals surface area contributed by atoms with Crippen LogP contribution < -0.4 is 10.1 Å². The minimum Gasteiger partial charge on any atom is -0.490 e. The maximum Gasteiger partial charge on any atom is 0.324 e. The monoisotopic (exact) mass is 482 g/mol. The van der Waals surface area contributed by atoms with E-state index in [-0.39, 0.29) is 29.1 Å². The Morgan fingerprint density at radius 3 is 2.42 bits per heavy atom. The van der Waals surface area contributed by atoms with Gasteiger partial charge in [0.15, 0.2) is 21.4 Å². The van der Waals surface area contributed by atoms with Crippen LogP contribution in [0.5, 0.6) is 5.75 Å². The number of carbonyl (C=O) groups excluding carboxylic acids is 2. The number of hydrogen-bond acceptors (Lipinski definition) is 5. The number of halogens is 1. The zero-order valence-electron chi connectivity index (χ0n) is 19.9. The number of nitrogens with zero attached hydrogens (tertiary/aromatic N) is 1. The number of hydrogen-bond donors (Lipinski definition) is 1. The standard InChI is InChI=1S/C24H35FN2O5S/c1-17(2)15-32-20-14-18(8-9-19(20)25)24(10-11-24)16-33(30,31)13-7-5-6-12-27-22(29)26-21(28)23(27,3)4/h8-9,14,17H,5-7,10-13,15-16H2,1-4H3,(H,26,28,29). The van der Waals surface area contributed by atoms with E-state index in [9.17, 15) is 22.4 Å². The number of urea groups is 1. The number of ether oxygens (including phenoxy) is 1. The van der Waals surface area contributed by atoms with Crippen molar-refractivity contribution in [2.24, 2.45) is 5.92 Å². The summed E-state index contributed by atoms with van der Waals surface area (Å²) in [6.07, 6.45) is 3.28. The van der Waals surface area contributed by atoms with Crippen molar-refractivity contribution in [3.05, 3.63) is 29.6 Å². The molecule has 0 radical (unpaired) electrons. The number of nitrogens with one attached hydrogen (secondary N) is 1. The van der Waals surface area contributed by atoms with Crippen LogP contribution in [0.3, 0.4) is 0 Å². The highest BCUT2D eigenvalue weighted by Crippen LogP contribution is 2.50. The van der Waals surface area contributed by atoms with Gasteiger partial charge in [0.2, 0.25) is 0 Å². The smallest absolute Gasteiger partial charge is 0.324 e. The van der Waals surface area contributed by atoms with E-state index in [0.717, 1.165) is 18.4 Å². The average Bonchev–Trinajstić information content (AvgIpc) is 3.45. The molecule has 1 aromatic carbocycles. The van der Waals surface area contributed by atoms with Crippen molar-refractivity contribution in [1.82, 2.24) is 10.2 Å². The van der Waals surface area contributed by atoms with E-state index in [1.165, 1.54) is 11.0 Å². The van der Waals surface area contributed by atoms with Crippen LogP contribution in [-0.2, 0) is 20.0 Å². The van der Waals surface area contributed by atoms with Crippen LogP contribution in [-0.4, -0.2) is 55.5 Å². The van der Waals surface area contributed by atoms with Gasteiger partial charge in [-0.25, -0.2) is 17.6 Å². The molecule has 1 saturated carbocycles. The van der Waals surface area contributed by atoms with Crippen molar-refractivity contribution in [1.29, 1.82) is 0 Å². The van der Waals surface area contributed by atoms with Crippen molar-refractivity contribution >= 4 is 21.8 Å². The second kappa shape index (κ2) is 9.60. The Balaban J connectivity index is 1.51. The second-order valence-corrected chi connectivity index (χ2v) is 12.4. The SMILES string of the molecule is CC(C)COc1cc(C2(CS(=O)(=O)CCCCCN3C(=O)NC(=O)C3(C)C)CC2)ccc1F. The lowest BCUT2D eigenvalue weighted by Crippen LogP contribution is -2.44. The zero-order chi connectivity index (χ0) is 24.4. The van der Waals surface area contributed by atoms with Gasteiger partial charge < -0.3 is 9.64 Å². The molecule has 9 heteroatoms. The first-order valence-electron chi connectivity index (χ1n) is 11.6. The van der Waals surface area contributed by atoms with Gasteiger partial charge in [-0.1, -0.05) is 26.3 Å². The number of imide groups is 1. The fourth-order valence-electron chi connectivity index (χ4n) is 4.20. The van der Waals surface area contributed by atoms with E-state index in [1.54, 1.807) is 26.0 Å². The minimum atomic E-state index is -3.30. The normalized spacial score (nSPS) is 19.2. The molecular weight excluding hydrogens is 447 g/mol. The molecular formula is C24H35FN2O5S. The number of carbonyl (C=O) groups is 2. The summed E-state index contributed by atoms with van der Waals surface area (Å²) in [5.74, 6) is -0.197. The second-order valence-electron chi connectivity index (χ2n) is 10.3. The van der Waals surface area contributed by atoms with Crippen LogP contribution in [0.2, 0.25) is 0 Å². The zero-order valence-corrected chi connectivity index (χ0v) is 20.8. The Morgan fingerprint density at radius 2 is 1.85 bits per heavy atom. The van der Waals surface area contributed by atoms with Gasteiger partial charge in [-0.15, -0.1) is 0 Å². The molecule has 3 rings (SSSR count). The number of rotatable bonds is 12. The van der Waals surface area contributed by atoms with E-state index < -0.39 is 32.6 Å². The Hall–Kier alpha value is -2.16. The van der Waals surface area contributed by atoms with Gasteiger partial charge >= 0.3 is 6.03 Å². The van der Waals surface area contributed by atoms with E-state index in [0.29, 0.717) is 32.4 Å². The summed E-state index contributed by atoms with van der Waals surface area (Å²) in [6.45, 7) is 8.16. The fourth-order valence-corrected chi connectivity index (χ4v) is 6.29. The molecule has 1 N–H and O–H groups in total.